The van der Waals surface area contributed by atoms with E-state index >= 15 is 0 Å². The van der Waals surface area contributed by atoms with Crippen LogP contribution in [-0.4, -0.2) is 57.6 Å². The molecule has 1 saturated heterocycles. The van der Waals surface area contributed by atoms with Gasteiger partial charge in [0, 0.05) is 24.5 Å². The third-order valence-corrected chi connectivity index (χ3v) is 8.65. The van der Waals surface area contributed by atoms with Gasteiger partial charge < -0.3 is 15.0 Å². The second-order valence-electron chi connectivity index (χ2n) is 9.24. The van der Waals surface area contributed by atoms with Crippen molar-refractivity contribution in [1.82, 2.24) is 10.2 Å². The van der Waals surface area contributed by atoms with E-state index in [9.17, 15) is 18.0 Å². The molecule has 8 nitrogen and oxygen atoms in total. The monoisotopic (exact) mass is 523 g/mol. The first kappa shape index (κ1) is 26.5. The summed E-state index contributed by atoms with van der Waals surface area (Å²) in [5.74, 6) is -0.390. The third-order valence-electron chi connectivity index (χ3n) is 6.84. The molecule has 0 saturated carbocycles. The summed E-state index contributed by atoms with van der Waals surface area (Å²) < 4.78 is 34.5. The van der Waals surface area contributed by atoms with E-state index < -0.39 is 10.0 Å². The Bertz CT molecular complexity index is 1390. The normalized spacial score (nSPS) is 14.4. The molecule has 1 aliphatic rings. The van der Waals surface area contributed by atoms with Crippen LogP contribution in [-0.2, 0) is 19.6 Å². The summed E-state index contributed by atoms with van der Waals surface area (Å²) in [7, 11) is -4.08. The standard InChI is InChI=1S/C28H33N3O5S/c1-4-36-28(33)30-17-15-23(16-18-30)29-27(32)19-31(25-13-7-9-20(2)21(25)3)37(34,35)26-14-8-11-22-10-5-6-12-24(22)26/h5-14,23H,4,15-19H2,1-3H3,(H,29,32). The van der Waals surface area contributed by atoms with E-state index in [-0.39, 0.29) is 29.5 Å². The number of carbonyl (C=O) groups is 2. The molecule has 2 amide bonds. The van der Waals surface area contributed by atoms with Crippen LogP contribution in [0.2, 0.25) is 0 Å². The molecule has 0 unspecified atom stereocenters. The predicted molar refractivity (Wildman–Crippen MR) is 144 cm³/mol. The lowest BCUT2D eigenvalue weighted by Gasteiger charge is -2.32. The van der Waals surface area contributed by atoms with E-state index in [1.54, 1.807) is 48.2 Å². The molecular weight excluding hydrogens is 490 g/mol. The Balaban J connectivity index is 1.60. The van der Waals surface area contributed by atoms with Crippen molar-refractivity contribution in [1.29, 1.82) is 0 Å². The molecule has 1 heterocycles. The molecule has 9 heteroatoms. The van der Waals surface area contributed by atoms with Crippen molar-refractivity contribution in [3.8, 4) is 0 Å². The Morgan fingerprint density at radius 1 is 1.00 bits per heavy atom. The average Bonchev–Trinajstić information content (AvgIpc) is 2.89. The Hall–Kier alpha value is -3.59. The number of amides is 2. The lowest BCUT2D eigenvalue weighted by Crippen LogP contribution is -2.49. The molecule has 0 radical (unpaired) electrons. The zero-order chi connectivity index (χ0) is 26.6. The second kappa shape index (κ2) is 11.2. The first-order valence-corrected chi connectivity index (χ1v) is 13.9. The number of benzene rings is 3. The molecular formula is C28H33N3O5S. The number of hydrogen-bond donors (Lipinski definition) is 1. The Morgan fingerprint density at radius 2 is 1.68 bits per heavy atom. The number of rotatable bonds is 7. The zero-order valence-corrected chi connectivity index (χ0v) is 22.3. The smallest absolute Gasteiger partial charge is 0.409 e. The number of sulfonamides is 1. The Kier molecular flexibility index (Phi) is 8.02. The first-order valence-electron chi connectivity index (χ1n) is 12.5. The number of anilines is 1. The first-order chi connectivity index (χ1) is 17.7. The molecule has 196 valence electrons. The van der Waals surface area contributed by atoms with Crippen LogP contribution in [0, 0.1) is 13.8 Å². The van der Waals surface area contributed by atoms with Gasteiger partial charge in [0.1, 0.15) is 6.54 Å². The largest absolute Gasteiger partial charge is 0.450 e. The predicted octanol–water partition coefficient (Wildman–Crippen LogP) is 4.39. The van der Waals surface area contributed by atoms with Crippen LogP contribution in [0.25, 0.3) is 10.8 Å². The van der Waals surface area contributed by atoms with Gasteiger partial charge in [0.2, 0.25) is 5.91 Å². The molecule has 0 spiro atoms. The number of nitrogens with zero attached hydrogens (tertiary/aromatic N) is 2. The quantitative estimate of drug-likeness (QED) is 0.496. The van der Waals surface area contributed by atoms with Crippen molar-refractivity contribution >= 4 is 38.5 Å². The molecule has 3 aromatic carbocycles. The van der Waals surface area contributed by atoms with Crippen molar-refractivity contribution in [2.45, 2.75) is 44.6 Å². The zero-order valence-electron chi connectivity index (χ0n) is 21.4. The lowest BCUT2D eigenvalue weighted by atomic mass is 10.1. The maximum Gasteiger partial charge on any atom is 0.409 e. The highest BCUT2D eigenvalue weighted by atomic mass is 32.2. The van der Waals surface area contributed by atoms with Crippen LogP contribution < -0.4 is 9.62 Å². The molecule has 0 atom stereocenters. The van der Waals surface area contributed by atoms with E-state index in [1.165, 1.54) is 4.31 Å². The van der Waals surface area contributed by atoms with Gasteiger partial charge >= 0.3 is 6.09 Å². The van der Waals surface area contributed by atoms with Gasteiger partial charge in [-0.15, -0.1) is 0 Å². The van der Waals surface area contributed by atoms with Crippen LogP contribution in [0.3, 0.4) is 0 Å². The molecule has 4 rings (SSSR count). The van der Waals surface area contributed by atoms with Gasteiger partial charge in [0.25, 0.3) is 10.0 Å². The molecule has 0 bridgehead atoms. The van der Waals surface area contributed by atoms with E-state index in [0.717, 1.165) is 16.5 Å². The fourth-order valence-corrected chi connectivity index (χ4v) is 6.37. The molecule has 3 aromatic rings. The van der Waals surface area contributed by atoms with Crippen molar-refractivity contribution in [3.63, 3.8) is 0 Å². The van der Waals surface area contributed by atoms with Crippen LogP contribution in [0.5, 0.6) is 0 Å². The topological polar surface area (TPSA) is 96.0 Å². The molecule has 1 aliphatic heterocycles. The van der Waals surface area contributed by atoms with Crippen LogP contribution in [0.4, 0.5) is 10.5 Å². The number of piperidine rings is 1. The highest BCUT2D eigenvalue weighted by Gasteiger charge is 2.31. The summed E-state index contributed by atoms with van der Waals surface area (Å²) in [4.78, 5) is 27.0. The van der Waals surface area contributed by atoms with Gasteiger partial charge in [-0.2, -0.15) is 0 Å². The van der Waals surface area contributed by atoms with Crippen LogP contribution in [0.1, 0.15) is 30.9 Å². The summed E-state index contributed by atoms with van der Waals surface area (Å²) in [6.07, 6.45) is 0.795. The molecule has 0 aliphatic carbocycles. The molecule has 37 heavy (non-hydrogen) atoms. The Morgan fingerprint density at radius 3 is 2.41 bits per heavy atom. The van der Waals surface area contributed by atoms with Gasteiger partial charge in [-0.05, 0) is 62.3 Å². The van der Waals surface area contributed by atoms with Gasteiger partial charge in [0.05, 0.1) is 17.2 Å². The molecule has 1 N–H and O–H groups in total. The van der Waals surface area contributed by atoms with E-state index in [1.807, 2.05) is 38.1 Å². The minimum atomic E-state index is -4.08. The number of hydrogen-bond acceptors (Lipinski definition) is 5. The minimum absolute atomic E-state index is 0.154. The minimum Gasteiger partial charge on any atom is -0.450 e. The fraction of sp³-hybridized carbons (Fsp3) is 0.357. The van der Waals surface area contributed by atoms with Crippen molar-refractivity contribution in [2.24, 2.45) is 0 Å². The highest BCUT2D eigenvalue weighted by Crippen LogP contribution is 2.31. The van der Waals surface area contributed by atoms with Crippen molar-refractivity contribution in [3.05, 3.63) is 71.8 Å². The maximum absolute atomic E-state index is 14.1. The average molecular weight is 524 g/mol. The second-order valence-corrected chi connectivity index (χ2v) is 11.1. The maximum atomic E-state index is 14.1. The summed E-state index contributed by atoms with van der Waals surface area (Å²) in [5.41, 5.74) is 2.20. The SMILES string of the molecule is CCOC(=O)N1CCC(NC(=O)CN(c2cccc(C)c2C)S(=O)(=O)c2cccc3ccccc23)CC1. The van der Waals surface area contributed by atoms with Gasteiger partial charge in [-0.25, -0.2) is 13.2 Å². The van der Waals surface area contributed by atoms with E-state index in [0.29, 0.717) is 43.6 Å². The van der Waals surface area contributed by atoms with E-state index in [4.69, 9.17) is 4.74 Å². The highest BCUT2D eigenvalue weighted by molar-refractivity contribution is 7.93. The summed E-state index contributed by atoms with van der Waals surface area (Å²) in [5, 5.41) is 4.39. The summed E-state index contributed by atoms with van der Waals surface area (Å²) >= 11 is 0. The summed E-state index contributed by atoms with van der Waals surface area (Å²) in [6, 6.07) is 17.8. The molecule has 1 fully saturated rings. The Labute approximate surface area is 218 Å². The number of nitrogens with one attached hydrogen (secondary N) is 1. The molecule has 0 aromatic heterocycles. The summed E-state index contributed by atoms with van der Waals surface area (Å²) in [6.45, 7) is 6.44. The van der Waals surface area contributed by atoms with Crippen molar-refractivity contribution < 1.29 is 22.7 Å². The van der Waals surface area contributed by atoms with Crippen molar-refractivity contribution in [2.75, 3.05) is 30.5 Å². The van der Waals surface area contributed by atoms with Gasteiger partial charge in [0.15, 0.2) is 0 Å². The number of ether oxygens (including phenoxy) is 1. The number of carbonyl (C=O) groups excluding carboxylic acids is 2. The van der Waals surface area contributed by atoms with Gasteiger partial charge in [-0.1, -0.05) is 48.5 Å². The van der Waals surface area contributed by atoms with Crippen LogP contribution in [0.15, 0.2) is 65.6 Å². The van der Waals surface area contributed by atoms with Gasteiger partial charge in [-0.3, -0.25) is 9.10 Å². The van der Waals surface area contributed by atoms with Crippen LogP contribution >= 0.6 is 0 Å². The number of fused-ring (bicyclic) bond motifs is 1. The fourth-order valence-electron chi connectivity index (χ4n) is 4.67. The third kappa shape index (κ3) is 5.72. The van der Waals surface area contributed by atoms with E-state index in [2.05, 4.69) is 5.32 Å². The number of likely N-dealkylation sites (tertiary alicyclic amines) is 1. The lowest BCUT2D eigenvalue weighted by molar-refractivity contribution is -0.120. The number of aryl methyl sites for hydroxylation is 1.